The summed E-state index contributed by atoms with van der Waals surface area (Å²) in [5.74, 6) is 0.666. The van der Waals surface area contributed by atoms with E-state index in [9.17, 15) is 4.79 Å². The first-order valence-electron chi connectivity index (χ1n) is 7.22. The number of fused-ring (bicyclic) bond motifs is 1. The Bertz CT molecular complexity index is 678. The predicted molar refractivity (Wildman–Crippen MR) is 80.9 cm³/mol. The number of H-pyrrole nitrogens is 1. The van der Waals surface area contributed by atoms with Crippen LogP contribution in [0.5, 0.6) is 5.75 Å². The summed E-state index contributed by atoms with van der Waals surface area (Å²) >= 11 is 0. The molecule has 0 aliphatic carbocycles. The van der Waals surface area contributed by atoms with Crippen LogP contribution in [-0.2, 0) is 6.42 Å². The number of hydrogen-bond donors (Lipinski definition) is 1. The van der Waals surface area contributed by atoms with Crippen LogP contribution in [0.25, 0.3) is 0 Å². The molecular formula is C16H19N3O2. The number of ether oxygens (including phenoxy) is 1. The Labute approximate surface area is 123 Å². The zero-order valence-electron chi connectivity index (χ0n) is 12.5. The number of aromatic amines is 1. The van der Waals surface area contributed by atoms with Crippen molar-refractivity contribution in [2.45, 2.75) is 33.3 Å². The fourth-order valence-corrected chi connectivity index (χ4v) is 2.53. The molecule has 110 valence electrons. The SMILES string of the molecule is CCc1cc(C(=O)N2CC(C)Oc3cc(C)ccc32)n[nH]1. The maximum absolute atomic E-state index is 12.7. The predicted octanol–water partition coefficient (Wildman–Crippen LogP) is 2.71. The minimum absolute atomic E-state index is 0.0344. The Hall–Kier alpha value is -2.30. The molecule has 1 amide bonds. The average Bonchev–Trinajstić information content (AvgIpc) is 2.94. The van der Waals surface area contributed by atoms with E-state index < -0.39 is 0 Å². The van der Waals surface area contributed by atoms with Crippen LogP contribution in [0.1, 0.15) is 35.6 Å². The Morgan fingerprint density at radius 3 is 3.00 bits per heavy atom. The second-order valence-electron chi connectivity index (χ2n) is 5.45. The van der Waals surface area contributed by atoms with Gasteiger partial charge in [-0.15, -0.1) is 0 Å². The fraction of sp³-hybridized carbons (Fsp3) is 0.375. The fourth-order valence-electron chi connectivity index (χ4n) is 2.53. The van der Waals surface area contributed by atoms with Gasteiger partial charge in [0.25, 0.3) is 5.91 Å². The van der Waals surface area contributed by atoms with Gasteiger partial charge in [-0.2, -0.15) is 5.10 Å². The van der Waals surface area contributed by atoms with E-state index in [1.54, 1.807) is 4.90 Å². The summed E-state index contributed by atoms with van der Waals surface area (Å²) < 4.78 is 5.83. The zero-order chi connectivity index (χ0) is 15.0. The van der Waals surface area contributed by atoms with Gasteiger partial charge in [-0.25, -0.2) is 0 Å². The first-order valence-corrected chi connectivity index (χ1v) is 7.22. The van der Waals surface area contributed by atoms with Gasteiger partial charge in [0.15, 0.2) is 5.69 Å². The second-order valence-corrected chi connectivity index (χ2v) is 5.45. The Morgan fingerprint density at radius 1 is 1.48 bits per heavy atom. The highest BCUT2D eigenvalue weighted by atomic mass is 16.5. The number of aromatic nitrogens is 2. The number of anilines is 1. The van der Waals surface area contributed by atoms with Crippen molar-refractivity contribution in [2.24, 2.45) is 0 Å². The third-order valence-electron chi connectivity index (χ3n) is 3.65. The van der Waals surface area contributed by atoms with Crippen molar-refractivity contribution in [1.29, 1.82) is 0 Å². The lowest BCUT2D eigenvalue weighted by atomic mass is 10.1. The zero-order valence-corrected chi connectivity index (χ0v) is 12.5. The van der Waals surface area contributed by atoms with E-state index in [0.717, 1.165) is 29.1 Å². The first-order chi connectivity index (χ1) is 10.1. The van der Waals surface area contributed by atoms with Crippen molar-refractivity contribution in [3.05, 3.63) is 41.2 Å². The molecule has 1 atom stereocenters. The van der Waals surface area contributed by atoms with Gasteiger partial charge < -0.3 is 4.74 Å². The first kappa shape index (κ1) is 13.7. The maximum atomic E-state index is 12.7. The number of rotatable bonds is 2. The maximum Gasteiger partial charge on any atom is 0.279 e. The molecule has 1 unspecified atom stereocenters. The van der Waals surface area contributed by atoms with Gasteiger partial charge >= 0.3 is 0 Å². The number of nitrogens with one attached hydrogen (secondary N) is 1. The van der Waals surface area contributed by atoms with Gasteiger partial charge in [0.2, 0.25) is 0 Å². The smallest absolute Gasteiger partial charge is 0.279 e. The number of hydrogen-bond acceptors (Lipinski definition) is 3. The van der Waals surface area contributed by atoms with Crippen LogP contribution in [-0.4, -0.2) is 28.8 Å². The van der Waals surface area contributed by atoms with E-state index in [4.69, 9.17) is 4.74 Å². The molecule has 2 aromatic rings. The summed E-state index contributed by atoms with van der Waals surface area (Å²) in [6.07, 6.45) is 0.795. The van der Waals surface area contributed by atoms with E-state index in [1.807, 2.05) is 45.0 Å². The molecule has 0 radical (unpaired) electrons. The molecular weight excluding hydrogens is 266 g/mol. The van der Waals surface area contributed by atoms with Crippen molar-refractivity contribution in [3.63, 3.8) is 0 Å². The van der Waals surface area contributed by atoms with Gasteiger partial charge in [0, 0.05) is 5.69 Å². The van der Waals surface area contributed by atoms with Gasteiger partial charge in [-0.1, -0.05) is 13.0 Å². The molecule has 1 aliphatic heterocycles. The largest absolute Gasteiger partial charge is 0.487 e. The normalized spacial score (nSPS) is 17.3. The molecule has 0 saturated heterocycles. The van der Waals surface area contributed by atoms with Crippen LogP contribution < -0.4 is 9.64 Å². The van der Waals surface area contributed by atoms with Gasteiger partial charge in [-0.3, -0.25) is 14.8 Å². The molecule has 5 heteroatoms. The summed E-state index contributed by atoms with van der Waals surface area (Å²) in [4.78, 5) is 14.5. The van der Waals surface area contributed by atoms with Gasteiger partial charge in [-0.05, 0) is 44.0 Å². The molecule has 1 aliphatic rings. The van der Waals surface area contributed by atoms with Gasteiger partial charge in [0.1, 0.15) is 11.9 Å². The third kappa shape index (κ3) is 2.51. The molecule has 0 spiro atoms. The summed E-state index contributed by atoms with van der Waals surface area (Å²) in [6.45, 7) is 6.53. The molecule has 5 nitrogen and oxygen atoms in total. The molecule has 3 rings (SSSR count). The summed E-state index contributed by atoms with van der Waals surface area (Å²) in [5, 5.41) is 7.01. The quantitative estimate of drug-likeness (QED) is 0.923. The minimum Gasteiger partial charge on any atom is -0.487 e. The molecule has 1 aromatic heterocycles. The molecule has 1 aromatic carbocycles. The molecule has 0 fully saturated rings. The van der Waals surface area contributed by atoms with Crippen LogP contribution in [0.3, 0.4) is 0 Å². The lowest BCUT2D eigenvalue weighted by Gasteiger charge is -2.33. The Morgan fingerprint density at radius 2 is 2.29 bits per heavy atom. The van der Waals surface area contributed by atoms with Crippen molar-refractivity contribution in [3.8, 4) is 5.75 Å². The van der Waals surface area contributed by atoms with E-state index in [1.165, 1.54) is 0 Å². The Kier molecular flexibility index (Phi) is 3.41. The Balaban J connectivity index is 1.97. The average molecular weight is 285 g/mol. The van der Waals surface area contributed by atoms with Crippen molar-refractivity contribution in [2.75, 3.05) is 11.4 Å². The van der Waals surface area contributed by atoms with Crippen LogP contribution in [0.15, 0.2) is 24.3 Å². The number of aryl methyl sites for hydroxylation is 2. The molecule has 0 bridgehead atoms. The van der Waals surface area contributed by atoms with Crippen LogP contribution >= 0.6 is 0 Å². The molecule has 0 saturated carbocycles. The highest BCUT2D eigenvalue weighted by Crippen LogP contribution is 2.34. The lowest BCUT2D eigenvalue weighted by molar-refractivity contribution is 0.0956. The number of nitrogens with zero attached hydrogens (tertiary/aromatic N) is 2. The van der Waals surface area contributed by atoms with Crippen LogP contribution in [0, 0.1) is 6.92 Å². The van der Waals surface area contributed by atoms with E-state index in [2.05, 4.69) is 10.2 Å². The summed E-state index contributed by atoms with van der Waals surface area (Å²) in [5.41, 5.74) is 3.34. The standard InChI is InChI=1S/C16H19N3O2/c1-4-12-8-13(18-17-12)16(20)19-9-11(3)21-15-7-10(2)5-6-14(15)19/h5-8,11H,4,9H2,1-3H3,(H,17,18). The van der Waals surface area contributed by atoms with E-state index in [-0.39, 0.29) is 12.0 Å². The van der Waals surface area contributed by atoms with Crippen molar-refractivity contribution >= 4 is 11.6 Å². The molecule has 1 N–H and O–H groups in total. The molecule has 21 heavy (non-hydrogen) atoms. The highest BCUT2D eigenvalue weighted by molar-refractivity contribution is 6.06. The highest BCUT2D eigenvalue weighted by Gasteiger charge is 2.29. The number of carbonyl (C=O) groups excluding carboxylic acids is 1. The number of benzene rings is 1. The summed E-state index contributed by atoms with van der Waals surface area (Å²) in [6, 6.07) is 7.70. The van der Waals surface area contributed by atoms with Crippen LogP contribution in [0.2, 0.25) is 0 Å². The summed E-state index contributed by atoms with van der Waals surface area (Å²) in [7, 11) is 0. The lowest BCUT2D eigenvalue weighted by Crippen LogP contribution is -2.42. The van der Waals surface area contributed by atoms with Gasteiger partial charge in [0.05, 0.1) is 12.2 Å². The van der Waals surface area contributed by atoms with E-state index >= 15 is 0 Å². The number of carbonyl (C=O) groups is 1. The third-order valence-corrected chi connectivity index (χ3v) is 3.65. The van der Waals surface area contributed by atoms with E-state index in [0.29, 0.717) is 12.2 Å². The molecule has 2 heterocycles. The van der Waals surface area contributed by atoms with Crippen LogP contribution in [0.4, 0.5) is 5.69 Å². The van der Waals surface area contributed by atoms with Crippen molar-refractivity contribution in [1.82, 2.24) is 10.2 Å². The second kappa shape index (κ2) is 5.24. The number of amides is 1. The minimum atomic E-state index is -0.0915. The monoisotopic (exact) mass is 285 g/mol. The topological polar surface area (TPSA) is 58.2 Å². The van der Waals surface area contributed by atoms with Crippen molar-refractivity contribution < 1.29 is 9.53 Å².